The standard InChI is InChI=1S/C40H58O4/c1-26-23-30-31(41)24-29-28(38(30,7)25-32(26)44-35(43)16-15-27-13-11-10-12-14-27)17-21-40(9)33(18-22-39(29,40)8)37(5,6)34(42)19-20-36(2,3)4/h10-16,24,26,28,30,32-34,42H,17-23,25H2,1-9H3/b16-15+/t26-,28?,30+,32+,33-,34-,38-,39+,40-/m1/s1. The van der Waals surface area contributed by atoms with Crippen molar-refractivity contribution in [3.05, 3.63) is 53.6 Å². The van der Waals surface area contributed by atoms with Crippen LogP contribution in [0.1, 0.15) is 119 Å². The smallest absolute Gasteiger partial charge is 0.331 e. The van der Waals surface area contributed by atoms with Crippen LogP contribution in [0.3, 0.4) is 0 Å². The Hall–Kier alpha value is -2.20. The van der Waals surface area contributed by atoms with Gasteiger partial charge in [-0.1, -0.05) is 98.2 Å². The van der Waals surface area contributed by atoms with Crippen molar-refractivity contribution in [2.75, 3.05) is 0 Å². The van der Waals surface area contributed by atoms with Gasteiger partial charge in [0.15, 0.2) is 5.78 Å². The molecule has 4 aliphatic rings. The van der Waals surface area contributed by atoms with Crippen LogP contribution < -0.4 is 0 Å². The fourth-order valence-corrected chi connectivity index (χ4v) is 10.4. The molecule has 5 rings (SSSR count). The molecule has 0 saturated heterocycles. The number of aliphatic hydroxyl groups is 1. The molecule has 1 unspecified atom stereocenters. The molecule has 0 heterocycles. The van der Waals surface area contributed by atoms with Crippen LogP contribution in [-0.4, -0.2) is 29.1 Å². The second-order valence-corrected chi connectivity index (χ2v) is 17.6. The molecule has 1 aromatic carbocycles. The zero-order chi connectivity index (χ0) is 32.3. The largest absolute Gasteiger partial charge is 0.459 e. The van der Waals surface area contributed by atoms with Gasteiger partial charge in [0.1, 0.15) is 6.10 Å². The van der Waals surface area contributed by atoms with Crippen molar-refractivity contribution < 1.29 is 19.4 Å². The molecule has 9 atom stereocenters. The minimum atomic E-state index is -0.348. The second kappa shape index (κ2) is 11.6. The zero-order valence-electron chi connectivity index (χ0n) is 28.9. The molecule has 0 spiro atoms. The lowest BCUT2D eigenvalue weighted by atomic mass is 9.42. The molecule has 3 saturated carbocycles. The quantitative estimate of drug-likeness (QED) is 0.250. The molecular formula is C40H58O4. The summed E-state index contributed by atoms with van der Waals surface area (Å²) in [6, 6.07) is 9.82. The molecule has 3 fully saturated rings. The van der Waals surface area contributed by atoms with E-state index in [-0.39, 0.29) is 62.9 Å². The minimum absolute atomic E-state index is 0.0150. The van der Waals surface area contributed by atoms with E-state index in [9.17, 15) is 14.7 Å². The number of hydrogen-bond acceptors (Lipinski definition) is 4. The van der Waals surface area contributed by atoms with E-state index in [1.807, 2.05) is 36.4 Å². The van der Waals surface area contributed by atoms with Gasteiger partial charge in [-0.2, -0.15) is 0 Å². The predicted molar refractivity (Wildman–Crippen MR) is 179 cm³/mol. The Balaban J connectivity index is 1.38. The Bertz CT molecular complexity index is 1300. The van der Waals surface area contributed by atoms with E-state index in [0.29, 0.717) is 11.8 Å². The van der Waals surface area contributed by atoms with Crippen LogP contribution in [0.4, 0.5) is 0 Å². The van der Waals surface area contributed by atoms with Gasteiger partial charge in [0, 0.05) is 12.0 Å². The van der Waals surface area contributed by atoms with Gasteiger partial charge >= 0.3 is 5.97 Å². The highest BCUT2D eigenvalue weighted by Gasteiger charge is 2.67. The number of esters is 1. The number of carbonyl (C=O) groups excluding carboxylic acids is 2. The van der Waals surface area contributed by atoms with E-state index in [4.69, 9.17) is 4.74 Å². The Kier molecular flexibility index (Phi) is 8.71. The Morgan fingerprint density at radius 1 is 1.05 bits per heavy atom. The molecule has 0 amide bonds. The summed E-state index contributed by atoms with van der Waals surface area (Å²) in [5, 5.41) is 11.6. The zero-order valence-corrected chi connectivity index (χ0v) is 28.9. The van der Waals surface area contributed by atoms with Crippen molar-refractivity contribution in [2.24, 2.45) is 50.7 Å². The highest BCUT2D eigenvalue weighted by Crippen LogP contribution is 2.73. The summed E-state index contributed by atoms with van der Waals surface area (Å²) in [4.78, 5) is 27.0. The first kappa shape index (κ1) is 33.2. The van der Waals surface area contributed by atoms with Crippen molar-refractivity contribution in [1.29, 1.82) is 0 Å². The van der Waals surface area contributed by atoms with Gasteiger partial charge in [0.25, 0.3) is 0 Å². The number of carbonyl (C=O) groups is 2. The van der Waals surface area contributed by atoms with E-state index in [2.05, 4.69) is 68.4 Å². The first-order valence-electron chi connectivity index (χ1n) is 17.3. The third-order valence-electron chi connectivity index (χ3n) is 13.4. The molecule has 0 bridgehead atoms. The Morgan fingerprint density at radius 3 is 2.39 bits per heavy atom. The molecule has 242 valence electrons. The number of benzene rings is 1. The summed E-state index contributed by atoms with van der Waals surface area (Å²) in [6.45, 7) is 20.7. The van der Waals surface area contributed by atoms with Crippen LogP contribution in [0.2, 0.25) is 0 Å². The molecule has 1 aromatic rings. The average Bonchev–Trinajstić information content (AvgIpc) is 3.24. The highest BCUT2D eigenvalue weighted by molar-refractivity contribution is 5.95. The lowest BCUT2D eigenvalue weighted by molar-refractivity contribution is -0.159. The lowest BCUT2D eigenvalue weighted by Gasteiger charge is -2.62. The van der Waals surface area contributed by atoms with Gasteiger partial charge in [-0.25, -0.2) is 4.79 Å². The highest BCUT2D eigenvalue weighted by atomic mass is 16.5. The summed E-state index contributed by atoms with van der Waals surface area (Å²) in [5.41, 5.74) is 2.01. The van der Waals surface area contributed by atoms with Gasteiger partial charge in [0.2, 0.25) is 0 Å². The molecule has 4 nitrogen and oxygen atoms in total. The van der Waals surface area contributed by atoms with E-state index in [1.54, 1.807) is 0 Å². The molecule has 4 heteroatoms. The summed E-state index contributed by atoms with van der Waals surface area (Å²) in [7, 11) is 0. The fourth-order valence-electron chi connectivity index (χ4n) is 10.4. The molecule has 0 aromatic heterocycles. The third kappa shape index (κ3) is 5.67. The van der Waals surface area contributed by atoms with Crippen LogP contribution in [0, 0.1) is 50.7 Å². The Morgan fingerprint density at radius 2 is 1.73 bits per heavy atom. The van der Waals surface area contributed by atoms with Gasteiger partial charge in [-0.05, 0) is 114 Å². The SMILES string of the molecule is C[C@@H]1C[C@H]2C(=O)C=C3C(CC[C@]4(C)[C@@H](C(C)(C)[C@H](O)CCC(C)(C)C)CC[C@@]34C)[C@@]2(C)C[C@@H]1OC(=O)/C=C/c1ccccc1. The molecule has 1 N–H and O–H groups in total. The van der Waals surface area contributed by atoms with E-state index in [1.165, 1.54) is 11.6 Å². The van der Waals surface area contributed by atoms with Crippen molar-refractivity contribution in [3.63, 3.8) is 0 Å². The summed E-state index contributed by atoms with van der Waals surface area (Å²) in [6.07, 6.45) is 12.5. The van der Waals surface area contributed by atoms with Crippen molar-refractivity contribution in [3.8, 4) is 0 Å². The summed E-state index contributed by atoms with van der Waals surface area (Å²) >= 11 is 0. The lowest BCUT2D eigenvalue weighted by Crippen LogP contribution is -2.58. The van der Waals surface area contributed by atoms with Crippen LogP contribution in [0.15, 0.2) is 48.1 Å². The number of allylic oxidation sites excluding steroid dienone is 2. The van der Waals surface area contributed by atoms with Crippen LogP contribution in [0.25, 0.3) is 6.08 Å². The van der Waals surface area contributed by atoms with Gasteiger partial charge < -0.3 is 9.84 Å². The normalized spacial score (nSPS) is 38.0. The van der Waals surface area contributed by atoms with Crippen molar-refractivity contribution in [1.82, 2.24) is 0 Å². The van der Waals surface area contributed by atoms with Gasteiger partial charge in [-0.3, -0.25) is 4.79 Å². The second-order valence-electron chi connectivity index (χ2n) is 17.6. The van der Waals surface area contributed by atoms with E-state index >= 15 is 0 Å². The molecule has 44 heavy (non-hydrogen) atoms. The van der Waals surface area contributed by atoms with Crippen LogP contribution in [-0.2, 0) is 14.3 Å². The number of fused-ring (bicyclic) bond motifs is 5. The topological polar surface area (TPSA) is 63.6 Å². The van der Waals surface area contributed by atoms with Crippen LogP contribution in [0.5, 0.6) is 0 Å². The first-order chi connectivity index (χ1) is 20.4. The predicted octanol–water partition coefficient (Wildman–Crippen LogP) is 9.22. The number of hydrogen-bond donors (Lipinski definition) is 1. The summed E-state index contributed by atoms with van der Waals surface area (Å²) in [5.74, 6) is 0.773. The molecule has 0 radical (unpaired) electrons. The first-order valence-corrected chi connectivity index (χ1v) is 17.3. The molecular weight excluding hydrogens is 544 g/mol. The number of ketones is 1. The number of aliphatic hydroxyl groups excluding tert-OH is 1. The Labute approximate surface area is 267 Å². The maximum Gasteiger partial charge on any atom is 0.331 e. The molecule has 0 aliphatic heterocycles. The maximum absolute atomic E-state index is 14.0. The fraction of sp³-hybridized carbons (Fsp3) is 0.700. The van der Waals surface area contributed by atoms with Crippen molar-refractivity contribution >= 4 is 17.8 Å². The van der Waals surface area contributed by atoms with E-state index in [0.717, 1.165) is 56.9 Å². The van der Waals surface area contributed by atoms with Gasteiger partial charge in [0.05, 0.1) is 6.10 Å². The van der Waals surface area contributed by atoms with Crippen molar-refractivity contribution in [2.45, 2.75) is 126 Å². The third-order valence-corrected chi connectivity index (χ3v) is 13.4. The number of rotatable bonds is 7. The van der Waals surface area contributed by atoms with E-state index < -0.39 is 0 Å². The van der Waals surface area contributed by atoms with Crippen LogP contribution >= 0.6 is 0 Å². The van der Waals surface area contributed by atoms with Gasteiger partial charge in [-0.15, -0.1) is 0 Å². The minimum Gasteiger partial charge on any atom is -0.459 e. The maximum atomic E-state index is 14.0. The molecule has 4 aliphatic carbocycles. The summed E-state index contributed by atoms with van der Waals surface area (Å²) < 4.78 is 6.14. The average molecular weight is 603 g/mol. The number of ether oxygens (including phenoxy) is 1. The monoisotopic (exact) mass is 602 g/mol.